The Kier molecular flexibility index (Phi) is 5.23. The van der Waals surface area contributed by atoms with Crippen LogP contribution in [0.4, 0.5) is 10.1 Å². The molecule has 0 bridgehead atoms. The molecule has 0 aliphatic carbocycles. The van der Waals surface area contributed by atoms with Gasteiger partial charge in [0.05, 0.1) is 7.11 Å². The Morgan fingerprint density at radius 3 is 2.58 bits per heavy atom. The van der Waals surface area contributed by atoms with Crippen LogP contribution in [-0.4, -0.2) is 30.7 Å². The summed E-state index contributed by atoms with van der Waals surface area (Å²) in [5.74, 6) is -0.881. The van der Waals surface area contributed by atoms with Crippen LogP contribution >= 0.6 is 12.2 Å². The molecule has 0 aliphatic rings. The third-order valence-electron chi connectivity index (χ3n) is 2.70. The third-order valence-corrected chi connectivity index (χ3v) is 2.92. The van der Waals surface area contributed by atoms with E-state index >= 15 is 0 Å². The van der Waals surface area contributed by atoms with Gasteiger partial charge in [-0.1, -0.05) is 12.2 Å². The van der Waals surface area contributed by atoms with Crippen molar-refractivity contribution in [2.24, 2.45) is 5.73 Å². The van der Waals surface area contributed by atoms with Gasteiger partial charge in [0.1, 0.15) is 17.4 Å². The molecule has 4 nitrogen and oxygen atoms in total. The fraction of sp³-hybridized carbons (Fsp3) is 0.385. The Morgan fingerprint density at radius 2 is 2.16 bits per heavy atom. The van der Waals surface area contributed by atoms with Crippen LogP contribution in [0.3, 0.4) is 0 Å². The number of hydrogen-bond acceptors (Lipinski definition) is 4. The number of benzene rings is 1. The zero-order valence-corrected chi connectivity index (χ0v) is 12.0. The molecule has 6 heteroatoms. The van der Waals surface area contributed by atoms with Crippen molar-refractivity contribution in [3.8, 4) is 0 Å². The van der Waals surface area contributed by atoms with Gasteiger partial charge in [0.2, 0.25) is 0 Å². The van der Waals surface area contributed by atoms with E-state index in [9.17, 15) is 9.18 Å². The van der Waals surface area contributed by atoms with Crippen molar-refractivity contribution in [3.63, 3.8) is 0 Å². The molecule has 0 atom stereocenters. The highest BCUT2D eigenvalue weighted by Gasteiger charge is 2.17. The Morgan fingerprint density at radius 1 is 1.53 bits per heavy atom. The molecule has 1 aromatic rings. The lowest BCUT2D eigenvalue weighted by Gasteiger charge is -2.28. The van der Waals surface area contributed by atoms with Gasteiger partial charge in [-0.2, -0.15) is 0 Å². The van der Waals surface area contributed by atoms with Crippen LogP contribution < -0.4 is 10.6 Å². The van der Waals surface area contributed by atoms with E-state index in [-0.39, 0.29) is 29.1 Å². The third kappa shape index (κ3) is 3.89. The lowest BCUT2D eigenvalue weighted by Crippen LogP contribution is -2.36. The molecule has 1 aromatic carbocycles. The summed E-state index contributed by atoms with van der Waals surface area (Å²) in [6, 6.07) is 4.53. The molecule has 0 saturated carbocycles. The molecular weight excluding hydrogens is 267 g/mol. The first-order valence-corrected chi connectivity index (χ1v) is 6.20. The summed E-state index contributed by atoms with van der Waals surface area (Å²) in [6.45, 7) is 3.87. The summed E-state index contributed by atoms with van der Waals surface area (Å²) >= 11 is 4.75. The van der Waals surface area contributed by atoms with Gasteiger partial charge in [-0.3, -0.25) is 4.79 Å². The molecule has 0 saturated heterocycles. The zero-order valence-electron chi connectivity index (χ0n) is 11.1. The second-order valence-electron chi connectivity index (χ2n) is 4.33. The minimum Gasteiger partial charge on any atom is -0.468 e. The molecule has 19 heavy (non-hydrogen) atoms. The summed E-state index contributed by atoms with van der Waals surface area (Å²) < 4.78 is 18.5. The van der Waals surface area contributed by atoms with E-state index in [4.69, 9.17) is 18.0 Å². The quantitative estimate of drug-likeness (QED) is 0.660. The van der Waals surface area contributed by atoms with E-state index < -0.39 is 5.82 Å². The first kappa shape index (κ1) is 15.4. The van der Waals surface area contributed by atoms with E-state index in [1.165, 1.54) is 19.2 Å². The standard InChI is InChI=1S/C13H17FN2O2S/c1-8(2)16(7-12(17)18-3)9-4-5-10(13(15)19)11(14)6-9/h4-6,8H,7H2,1-3H3,(H2,15,19). The van der Waals surface area contributed by atoms with E-state index in [0.717, 1.165) is 0 Å². The summed E-state index contributed by atoms with van der Waals surface area (Å²) in [5.41, 5.74) is 6.18. The fourth-order valence-corrected chi connectivity index (χ4v) is 1.82. The fourth-order valence-electron chi connectivity index (χ4n) is 1.66. The molecular formula is C13H17FN2O2S. The number of nitrogens with two attached hydrogens (primary N) is 1. The molecule has 0 unspecified atom stereocenters. The largest absolute Gasteiger partial charge is 0.468 e. The van der Waals surface area contributed by atoms with E-state index in [0.29, 0.717) is 5.69 Å². The van der Waals surface area contributed by atoms with Crippen molar-refractivity contribution >= 4 is 28.9 Å². The first-order chi connectivity index (χ1) is 8.86. The minimum absolute atomic E-state index is 0.00751. The summed E-state index contributed by atoms with van der Waals surface area (Å²) in [7, 11) is 1.32. The number of thiocarbonyl (C=S) groups is 1. The maximum absolute atomic E-state index is 13.8. The molecule has 0 spiro atoms. The summed E-state index contributed by atoms with van der Waals surface area (Å²) in [5, 5.41) is 0. The topological polar surface area (TPSA) is 55.6 Å². The number of rotatable bonds is 5. The number of hydrogen-bond donors (Lipinski definition) is 1. The number of methoxy groups -OCH3 is 1. The Balaban J connectivity index is 3.07. The number of carbonyl (C=O) groups excluding carboxylic acids is 1. The van der Waals surface area contributed by atoms with E-state index in [1.807, 2.05) is 13.8 Å². The molecule has 0 amide bonds. The molecule has 2 N–H and O–H groups in total. The average molecular weight is 284 g/mol. The van der Waals surface area contributed by atoms with Gasteiger partial charge >= 0.3 is 5.97 Å². The van der Waals surface area contributed by atoms with Gasteiger partial charge < -0.3 is 15.4 Å². The molecule has 0 aliphatic heterocycles. The molecule has 104 valence electrons. The number of ether oxygens (including phenoxy) is 1. The Hall–Kier alpha value is -1.69. The zero-order chi connectivity index (χ0) is 14.6. The highest BCUT2D eigenvalue weighted by molar-refractivity contribution is 7.80. The van der Waals surface area contributed by atoms with Gasteiger partial charge in [0.25, 0.3) is 0 Å². The highest BCUT2D eigenvalue weighted by Crippen LogP contribution is 2.20. The second kappa shape index (κ2) is 6.47. The van der Waals surface area contributed by atoms with Crippen LogP contribution in [0.15, 0.2) is 18.2 Å². The summed E-state index contributed by atoms with van der Waals surface area (Å²) in [4.78, 5) is 13.1. The number of esters is 1. The van der Waals surface area contributed by atoms with Crippen molar-refractivity contribution in [2.75, 3.05) is 18.6 Å². The number of anilines is 1. The van der Waals surface area contributed by atoms with E-state index in [1.54, 1.807) is 11.0 Å². The normalized spacial score (nSPS) is 10.4. The first-order valence-electron chi connectivity index (χ1n) is 5.79. The predicted octanol–water partition coefficient (Wildman–Crippen LogP) is 1.85. The average Bonchev–Trinajstić information content (AvgIpc) is 2.34. The molecule has 0 radical (unpaired) electrons. The SMILES string of the molecule is COC(=O)CN(c1ccc(C(N)=S)c(F)c1)C(C)C. The Labute approximate surface area is 117 Å². The van der Waals surface area contributed by atoms with Crippen molar-refractivity contribution < 1.29 is 13.9 Å². The van der Waals surface area contributed by atoms with Crippen LogP contribution in [0, 0.1) is 5.82 Å². The number of carbonyl (C=O) groups is 1. The maximum Gasteiger partial charge on any atom is 0.325 e. The molecule has 1 rings (SSSR count). The minimum atomic E-state index is -0.500. The van der Waals surface area contributed by atoms with Gasteiger partial charge in [0.15, 0.2) is 0 Å². The van der Waals surface area contributed by atoms with Crippen LogP contribution in [0.1, 0.15) is 19.4 Å². The Bertz CT molecular complexity index is 492. The maximum atomic E-state index is 13.8. The van der Waals surface area contributed by atoms with Crippen molar-refractivity contribution in [2.45, 2.75) is 19.9 Å². The second-order valence-corrected chi connectivity index (χ2v) is 4.77. The van der Waals surface area contributed by atoms with Crippen LogP contribution in [0.2, 0.25) is 0 Å². The number of halogens is 1. The van der Waals surface area contributed by atoms with Crippen molar-refractivity contribution in [3.05, 3.63) is 29.6 Å². The molecule has 0 aromatic heterocycles. The van der Waals surface area contributed by atoms with Crippen molar-refractivity contribution in [1.29, 1.82) is 0 Å². The van der Waals surface area contributed by atoms with Gasteiger partial charge in [-0.15, -0.1) is 0 Å². The highest BCUT2D eigenvalue weighted by atomic mass is 32.1. The lowest BCUT2D eigenvalue weighted by atomic mass is 10.1. The lowest BCUT2D eigenvalue weighted by molar-refractivity contribution is -0.139. The van der Waals surface area contributed by atoms with Crippen LogP contribution in [0.5, 0.6) is 0 Å². The van der Waals surface area contributed by atoms with Crippen molar-refractivity contribution in [1.82, 2.24) is 0 Å². The number of nitrogens with zero attached hydrogens (tertiary/aromatic N) is 1. The van der Waals surface area contributed by atoms with Crippen LogP contribution in [-0.2, 0) is 9.53 Å². The van der Waals surface area contributed by atoms with E-state index in [2.05, 4.69) is 4.74 Å². The van der Waals surface area contributed by atoms with Gasteiger partial charge in [-0.25, -0.2) is 4.39 Å². The summed E-state index contributed by atoms with van der Waals surface area (Å²) in [6.07, 6.45) is 0. The predicted molar refractivity (Wildman–Crippen MR) is 76.8 cm³/mol. The van der Waals surface area contributed by atoms with Crippen LogP contribution in [0.25, 0.3) is 0 Å². The van der Waals surface area contributed by atoms with Gasteiger partial charge in [0, 0.05) is 17.3 Å². The molecule has 0 heterocycles. The van der Waals surface area contributed by atoms with Gasteiger partial charge in [-0.05, 0) is 32.0 Å². The molecule has 0 fully saturated rings. The monoisotopic (exact) mass is 284 g/mol. The smallest absolute Gasteiger partial charge is 0.325 e.